The Balaban J connectivity index is 1.42. The highest BCUT2D eigenvalue weighted by atomic mass is 32.2. The molecule has 11 heteroatoms. The predicted octanol–water partition coefficient (Wildman–Crippen LogP) is 3.95. The molecule has 3 aromatic rings. The molecule has 2 N–H and O–H groups in total. The summed E-state index contributed by atoms with van der Waals surface area (Å²) >= 11 is 3.93. The molecule has 0 saturated carbocycles. The first-order valence-corrected chi connectivity index (χ1v) is 12.7. The van der Waals surface area contributed by atoms with Gasteiger partial charge in [-0.15, -0.1) is 22.7 Å². The van der Waals surface area contributed by atoms with Gasteiger partial charge in [-0.25, -0.2) is 14.8 Å². The van der Waals surface area contributed by atoms with Crippen molar-refractivity contribution in [1.82, 2.24) is 15.0 Å². The quantitative estimate of drug-likeness (QED) is 0.223. The van der Waals surface area contributed by atoms with E-state index >= 15 is 0 Å². The number of aromatic nitrogens is 3. The van der Waals surface area contributed by atoms with E-state index < -0.39 is 5.97 Å². The van der Waals surface area contributed by atoms with E-state index in [4.69, 9.17) is 4.74 Å². The zero-order valence-electron chi connectivity index (χ0n) is 17.6. The number of fused-ring (bicyclic) bond motifs is 3. The summed E-state index contributed by atoms with van der Waals surface area (Å²) in [5.41, 5.74) is 1.16. The third-order valence-electron chi connectivity index (χ3n) is 5.05. The Bertz CT molecular complexity index is 1260. The van der Waals surface area contributed by atoms with E-state index in [0.717, 1.165) is 41.4 Å². The van der Waals surface area contributed by atoms with Crippen molar-refractivity contribution < 1.29 is 14.3 Å². The number of amides is 1. The standard InChI is InChI=1S/C21H22N4O4S3/c1-4-7-29-19(28)16-11(3)31-21(23-16)22-14(26)9-30-20-24-17(27)15-12-6-5-10(2)8-13(12)32-18(15)25-20/h4,10H,1,5-9H2,2-3H3,(H,22,23,26)(H,24,25,27). The summed E-state index contributed by atoms with van der Waals surface area (Å²) in [5, 5.41) is 4.10. The van der Waals surface area contributed by atoms with Crippen molar-refractivity contribution in [1.29, 1.82) is 0 Å². The number of hydrogen-bond acceptors (Lipinski definition) is 9. The fraction of sp³-hybridized carbons (Fsp3) is 0.381. The molecule has 0 fully saturated rings. The van der Waals surface area contributed by atoms with Crippen molar-refractivity contribution in [2.45, 2.75) is 38.3 Å². The van der Waals surface area contributed by atoms with Crippen molar-refractivity contribution in [2.24, 2.45) is 5.92 Å². The number of hydrogen-bond donors (Lipinski definition) is 2. The Labute approximate surface area is 196 Å². The topological polar surface area (TPSA) is 114 Å². The average molecular weight is 491 g/mol. The van der Waals surface area contributed by atoms with E-state index in [1.54, 1.807) is 18.3 Å². The van der Waals surface area contributed by atoms with Crippen LogP contribution in [0.15, 0.2) is 22.6 Å². The van der Waals surface area contributed by atoms with Crippen LogP contribution < -0.4 is 10.9 Å². The highest BCUT2D eigenvalue weighted by molar-refractivity contribution is 7.99. The zero-order valence-corrected chi connectivity index (χ0v) is 20.1. The number of esters is 1. The molecule has 1 amide bonds. The van der Waals surface area contributed by atoms with Crippen LogP contribution in [0.4, 0.5) is 5.13 Å². The molecule has 1 unspecified atom stereocenters. The molecule has 3 aromatic heterocycles. The summed E-state index contributed by atoms with van der Waals surface area (Å²) < 4.78 is 4.99. The monoisotopic (exact) mass is 490 g/mol. The molecule has 8 nitrogen and oxygen atoms in total. The van der Waals surface area contributed by atoms with Gasteiger partial charge in [0.1, 0.15) is 11.4 Å². The number of H-pyrrole nitrogens is 1. The second-order valence-electron chi connectivity index (χ2n) is 7.55. The lowest BCUT2D eigenvalue weighted by atomic mass is 9.89. The van der Waals surface area contributed by atoms with Crippen molar-refractivity contribution >= 4 is 61.7 Å². The van der Waals surface area contributed by atoms with Gasteiger partial charge in [-0.2, -0.15) is 0 Å². The van der Waals surface area contributed by atoms with Gasteiger partial charge in [0.15, 0.2) is 16.0 Å². The largest absolute Gasteiger partial charge is 0.457 e. The minimum atomic E-state index is -0.559. The summed E-state index contributed by atoms with van der Waals surface area (Å²) in [5.74, 6) is -0.203. The molecule has 0 radical (unpaired) electrons. The Morgan fingerprint density at radius 3 is 2.97 bits per heavy atom. The number of rotatable bonds is 7. The van der Waals surface area contributed by atoms with E-state index in [1.165, 1.54) is 22.3 Å². The molecule has 4 rings (SSSR count). The lowest BCUT2D eigenvalue weighted by molar-refractivity contribution is -0.113. The zero-order chi connectivity index (χ0) is 22.8. The third-order valence-corrected chi connectivity index (χ3v) is 7.96. The van der Waals surface area contributed by atoms with Gasteiger partial charge in [-0.3, -0.25) is 9.59 Å². The van der Waals surface area contributed by atoms with Gasteiger partial charge in [0.05, 0.1) is 11.1 Å². The normalized spacial score (nSPS) is 15.4. The Morgan fingerprint density at radius 2 is 2.19 bits per heavy atom. The summed E-state index contributed by atoms with van der Waals surface area (Å²) in [7, 11) is 0. The van der Waals surface area contributed by atoms with Gasteiger partial charge in [0.25, 0.3) is 5.56 Å². The highest BCUT2D eigenvalue weighted by Crippen LogP contribution is 2.36. The molecular formula is C21H22N4O4S3. The van der Waals surface area contributed by atoms with Crippen molar-refractivity contribution in [3.05, 3.63) is 44.0 Å². The lowest BCUT2D eigenvalue weighted by Gasteiger charge is -2.17. The van der Waals surface area contributed by atoms with Gasteiger partial charge in [0, 0.05) is 9.75 Å². The minimum Gasteiger partial charge on any atom is -0.457 e. The van der Waals surface area contributed by atoms with Crippen molar-refractivity contribution in [3.8, 4) is 0 Å². The molecule has 0 aromatic carbocycles. The van der Waals surface area contributed by atoms with Crippen molar-refractivity contribution in [2.75, 3.05) is 17.7 Å². The molecule has 0 aliphatic heterocycles. The molecule has 168 valence electrons. The molecule has 32 heavy (non-hydrogen) atoms. The molecule has 1 aliphatic rings. The van der Waals surface area contributed by atoms with Crippen LogP contribution >= 0.6 is 34.4 Å². The van der Waals surface area contributed by atoms with Gasteiger partial charge in [0.2, 0.25) is 5.91 Å². The Hall–Kier alpha value is -2.50. The molecule has 0 bridgehead atoms. The molecule has 0 saturated heterocycles. The first-order chi connectivity index (χ1) is 15.4. The van der Waals surface area contributed by atoms with Crippen LogP contribution in [0.5, 0.6) is 0 Å². The molecule has 1 atom stereocenters. The molecule has 3 heterocycles. The van der Waals surface area contributed by atoms with Gasteiger partial charge < -0.3 is 15.0 Å². The summed E-state index contributed by atoms with van der Waals surface area (Å²) in [6.45, 7) is 7.55. The number of thioether (sulfide) groups is 1. The SMILES string of the molecule is C=CCOC(=O)c1nc(NC(=O)CSc2nc3sc4c(c3c(=O)[nH]2)CCC(C)C4)sc1C. The number of thiophene rings is 1. The fourth-order valence-corrected chi connectivity index (χ4v) is 6.45. The van der Waals surface area contributed by atoms with Crippen LogP contribution in [0.3, 0.4) is 0 Å². The first kappa shape index (κ1) is 22.7. The Morgan fingerprint density at radius 1 is 1.38 bits per heavy atom. The smallest absolute Gasteiger partial charge is 0.358 e. The van der Waals surface area contributed by atoms with Gasteiger partial charge in [-0.05, 0) is 37.7 Å². The fourth-order valence-electron chi connectivity index (χ4n) is 3.53. The van der Waals surface area contributed by atoms with E-state index in [2.05, 4.69) is 33.8 Å². The van der Waals surface area contributed by atoms with E-state index in [0.29, 0.717) is 26.5 Å². The number of thiazole rings is 1. The van der Waals surface area contributed by atoms with Gasteiger partial charge in [-0.1, -0.05) is 31.3 Å². The van der Waals surface area contributed by atoms with Crippen LogP contribution in [0, 0.1) is 12.8 Å². The van der Waals surface area contributed by atoms with Crippen LogP contribution in [-0.4, -0.2) is 39.2 Å². The first-order valence-electron chi connectivity index (χ1n) is 10.1. The number of anilines is 1. The number of carbonyl (C=O) groups excluding carboxylic acids is 2. The average Bonchev–Trinajstić information content (AvgIpc) is 3.29. The number of aryl methyl sites for hydroxylation is 2. The van der Waals surface area contributed by atoms with Crippen LogP contribution in [0.1, 0.15) is 39.2 Å². The number of nitrogens with zero attached hydrogens (tertiary/aromatic N) is 2. The maximum absolute atomic E-state index is 12.7. The van der Waals surface area contributed by atoms with Gasteiger partial charge >= 0.3 is 5.97 Å². The number of ether oxygens (including phenoxy) is 1. The summed E-state index contributed by atoms with van der Waals surface area (Å²) in [6.07, 6.45) is 4.45. The number of carbonyl (C=O) groups is 2. The van der Waals surface area contributed by atoms with E-state index in [9.17, 15) is 14.4 Å². The lowest BCUT2D eigenvalue weighted by Crippen LogP contribution is -2.16. The summed E-state index contributed by atoms with van der Waals surface area (Å²) in [6, 6.07) is 0. The minimum absolute atomic E-state index is 0.0471. The maximum Gasteiger partial charge on any atom is 0.358 e. The second kappa shape index (κ2) is 9.55. The maximum atomic E-state index is 12.7. The number of aromatic amines is 1. The van der Waals surface area contributed by atoms with Crippen LogP contribution in [0.2, 0.25) is 0 Å². The molecule has 0 spiro atoms. The third kappa shape index (κ3) is 4.79. The van der Waals surface area contributed by atoms with E-state index in [1.807, 2.05) is 0 Å². The van der Waals surface area contributed by atoms with Crippen LogP contribution in [0.25, 0.3) is 10.2 Å². The number of nitrogens with one attached hydrogen (secondary N) is 2. The highest BCUT2D eigenvalue weighted by Gasteiger charge is 2.23. The molecular weight excluding hydrogens is 468 g/mol. The second-order valence-corrected chi connectivity index (χ2v) is 10.8. The summed E-state index contributed by atoms with van der Waals surface area (Å²) in [4.78, 5) is 51.2. The predicted molar refractivity (Wildman–Crippen MR) is 128 cm³/mol. The van der Waals surface area contributed by atoms with Crippen LogP contribution in [-0.2, 0) is 22.4 Å². The Kier molecular flexibility index (Phi) is 6.77. The van der Waals surface area contributed by atoms with E-state index in [-0.39, 0.29) is 29.5 Å². The van der Waals surface area contributed by atoms with Crippen molar-refractivity contribution in [3.63, 3.8) is 0 Å². The molecule has 1 aliphatic carbocycles.